The number of aromatic nitrogens is 4. The molecule has 1 aromatic carbocycles. The first kappa shape index (κ1) is 12.3. The van der Waals surface area contributed by atoms with Gasteiger partial charge in [0.25, 0.3) is 0 Å². The van der Waals surface area contributed by atoms with E-state index in [2.05, 4.69) is 20.5 Å². The van der Waals surface area contributed by atoms with Crippen LogP contribution in [0.1, 0.15) is 18.5 Å². The Hall–Kier alpha value is -2.70. The van der Waals surface area contributed by atoms with Gasteiger partial charge in [-0.3, -0.25) is 0 Å². The van der Waals surface area contributed by atoms with Gasteiger partial charge in [0.15, 0.2) is 5.65 Å². The van der Waals surface area contributed by atoms with Crippen molar-refractivity contribution in [2.45, 2.75) is 13.0 Å². The lowest BCUT2D eigenvalue weighted by atomic mass is 10.1. The normalized spacial score (nSPS) is 12.5. The summed E-state index contributed by atoms with van der Waals surface area (Å²) >= 11 is 0. The first-order valence-electron chi connectivity index (χ1n) is 6.08. The molecule has 0 amide bonds. The minimum Gasteiger partial charge on any atom is -0.363 e. The Morgan fingerprint density at radius 3 is 3.05 bits per heavy atom. The van der Waals surface area contributed by atoms with Gasteiger partial charge in [-0.15, -0.1) is 0 Å². The maximum Gasteiger partial charge on any atom is 0.348 e. The fourth-order valence-electron chi connectivity index (χ4n) is 1.97. The van der Waals surface area contributed by atoms with Crippen molar-refractivity contribution in [3.8, 4) is 0 Å². The summed E-state index contributed by atoms with van der Waals surface area (Å²) in [5, 5.41) is 9.33. The number of nitrogens with zero attached hydrogens (tertiary/aromatic N) is 3. The van der Waals surface area contributed by atoms with E-state index >= 15 is 0 Å². The Morgan fingerprint density at radius 2 is 2.25 bits per heavy atom. The topological polar surface area (TPSA) is 75.1 Å². The third kappa shape index (κ3) is 2.25. The summed E-state index contributed by atoms with van der Waals surface area (Å²) in [6.45, 7) is 1.90. The first-order valence-corrected chi connectivity index (χ1v) is 6.08. The number of benzene rings is 1. The van der Waals surface area contributed by atoms with Crippen molar-refractivity contribution in [2.24, 2.45) is 0 Å². The van der Waals surface area contributed by atoms with E-state index in [1.54, 1.807) is 12.1 Å². The first-order chi connectivity index (χ1) is 9.63. The van der Waals surface area contributed by atoms with Crippen LogP contribution >= 0.6 is 0 Å². The lowest BCUT2D eigenvalue weighted by Gasteiger charge is -2.14. The molecule has 0 aliphatic heterocycles. The average molecular weight is 273 g/mol. The fraction of sp³-hybridized carbons (Fsp3) is 0.154. The van der Waals surface area contributed by atoms with Crippen molar-refractivity contribution in [1.82, 2.24) is 19.6 Å². The number of halogens is 1. The maximum atomic E-state index is 13.2. The lowest BCUT2D eigenvalue weighted by Crippen LogP contribution is -2.12. The third-order valence-corrected chi connectivity index (χ3v) is 3.02. The molecule has 0 saturated heterocycles. The van der Waals surface area contributed by atoms with E-state index in [-0.39, 0.29) is 17.5 Å². The Labute approximate surface area is 113 Å². The molecule has 1 unspecified atom stereocenters. The Kier molecular flexibility index (Phi) is 2.94. The Morgan fingerprint density at radius 1 is 1.40 bits per heavy atom. The van der Waals surface area contributed by atoms with Crippen molar-refractivity contribution in [2.75, 3.05) is 5.32 Å². The van der Waals surface area contributed by atoms with E-state index in [9.17, 15) is 9.18 Å². The summed E-state index contributed by atoms with van der Waals surface area (Å²) in [7, 11) is 0. The van der Waals surface area contributed by atoms with Gasteiger partial charge in [-0.05, 0) is 24.6 Å². The molecule has 0 aliphatic carbocycles. The lowest BCUT2D eigenvalue weighted by molar-refractivity contribution is 0.623. The van der Waals surface area contributed by atoms with E-state index in [1.807, 2.05) is 13.0 Å². The van der Waals surface area contributed by atoms with E-state index < -0.39 is 0 Å². The van der Waals surface area contributed by atoms with Crippen LogP contribution in [0.2, 0.25) is 0 Å². The Bertz CT molecular complexity index is 810. The predicted octanol–water partition coefficient (Wildman–Crippen LogP) is 1.73. The molecule has 7 heteroatoms. The van der Waals surface area contributed by atoms with E-state index in [4.69, 9.17) is 0 Å². The number of fused-ring (bicyclic) bond motifs is 1. The molecule has 1 atom stereocenters. The van der Waals surface area contributed by atoms with Gasteiger partial charge in [0.2, 0.25) is 0 Å². The molecule has 0 bridgehead atoms. The number of nitrogens with one attached hydrogen (secondary N) is 2. The highest BCUT2D eigenvalue weighted by Gasteiger charge is 2.08. The fourth-order valence-corrected chi connectivity index (χ4v) is 1.97. The van der Waals surface area contributed by atoms with Gasteiger partial charge in [-0.2, -0.15) is 5.10 Å². The zero-order valence-corrected chi connectivity index (χ0v) is 10.7. The zero-order valence-electron chi connectivity index (χ0n) is 10.7. The largest absolute Gasteiger partial charge is 0.363 e. The standard InChI is InChI=1S/C13H12FN5O/c1-8(9-3-2-4-10(14)5-9)16-11-6-12-17-18-13(20)19(12)7-15-11/h2-8,16H,1H3,(H,18,20). The van der Waals surface area contributed by atoms with Crippen LogP contribution in [0.3, 0.4) is 0 Å². The van der Waals surface area contributed by atoms with Gasteiger partial charge in [0, 0.05) is 6.07 Å². The molecule has 2 N–H and O–H groups in total. The predicted molar refractivity (Wildman–Crippen MR) is 72.0 cm³/mol. The summed E-state index contributed by atoms with van der Waals surface area (Å²) in [4.78, 5) is 15.4. The smallest absolute Gasteiger partial charge is 0.348 e. The minimum atomic E-state index is -0.336. The second-order valence-corrected chi connectivity index (χ2v) is 4.45. The summed E-state index contributed by atoms with van der Waals surface area (Å²) in [6, 6.07) is 7.89. The van der Waals surface area contributed by atoms with Crippen molar-refractivity contribution < 1.29 is 4.39 Å². The van der Waals surface area contributed by atoms with Gasteiger partial charge in [0.1, 0.15) is 18.0 Å². The molecule has 20 heavy (non-hydrogen) atoms. The molecule has 102 valence electrons. The van der Waals surface area contributed by atoms with Gasteiger partial charge >= 0.3 is 5.69 Å². The molecule has 0 spiro atoms. The third-order valence-electron chi connectivity index (χ3n) is 3.02. The second-order valence-electron chi connectivity index (χ2n) is 4.45. The number of hydrogen-bond donors (Lipinski definition) is 2. The number of H-pyrrole nitrogens is 1. The zero-order chi connectivity index (χ0) is 14.1. The quantitative estimate of drug-likeness (QED) is 0.762. The molecule has 2 heterocycles. The van der Waals surface area contributed by atoms with Crippen LogP contribution in [0.4, 0.5) is 10.2 Å². The average Bonchev–Trinajstić information content (AvgIpc) is 2.80. The van der Waals surface area contributed by atoms with Crippen LogP contribution in [-0.2, 0) is 0 Å². The van der Waals surface area contributed by atoms with Crippen molar-refractivity contribution >= 4 is 11.5 Å². The van der Waals surface area contributed by atoms with Crippen molar-refractivity contribution in [3.05, 3.63) is 58.5 Å². The van der Waals surface area contributed by atoms with E-state index in [1.165, 1.54) is 22.9 Å². The number of anilines is 1. The molecule has 0 saturated carbocycles. The van der Waals surface area contributed by atoms with Crippen LogP contribution in [0, 0.1) is 5.82 Å². The minimum absolute atomic E-state index is 0.119. The van der Waals surface area contributed by atoms with E-state index in [0.29, 0.717) is 11.5 Å². The summed E-state index contributed by atoms with van der Waals surface area (Å²) < 4.78 is 14.5. The number of rotatable bonds is 3. The highest BCUT2D eigenvalue weighted by molar-refractivity contribution is 5.49. The highest BCUT2D eigenvalue weighted by Crippen LogP contribution is 2.18. The van der Waals surface area contributed by atoms with Gasteiger partial charge in [-0.1, -0.05) is 12.1 Å². The van der Waals surface area contributed by atoms with Gasteiger partial charge in [-0.25, -0.2) is 23.7 Å². The van der Waals surface area contributed by atoms with Crippen LogP contribution in [0.5, 0.6) is 0 Å². The molecular formula is C13H12FN5O. The monoisotopic (exact) mass is 273 g/mol. The second kappa shape index (κ2) is 4.76. The van der Waals surface area contributed by atoms with Crippen molar-refractivity contribution in [1.29, 1.82) is 0 Å². The molecule has 2 aromatic heterocycles. The van der Waals surface area contributed by atoms with Crippen LogP contribution < -0.4 is 11.0 Å². The van der Waals surface area contributed by atoms with Crippen LogP contribution in [-0.4, -0.2) is 19.6 Å². The maximum absolute atomic E-state index is 13.2. The van der Waals surface area contributed by atoms with Crippen molar-refractivity contribution in [3.63, 3.8) is 0 Å². The van der Waals surface area contributed by atoms with Gasteiger partial charge < -0.3 is 5.32 Å². The van der Waals surface area contributed by atoms with E-state index in [0.717, 1.165) is 5.56 Å². The summed E-state index contributed by atoms with van der Waals surface area (Å²) in [5.41, 5.74) is 0.947. The molecule has 6 nitrogen and oxygen atoms in total. The highest BCUT2D eigenvalue weighted by atomic mass is 19.1. The van der Waals surface area contributed by atoms with Crippen LogP contribution in [0.15, 0.2) is 41.5 Å². The molecular weight excluding hydrogens is 261 g/mol. The molecule has 3 rings (SSSR count). The SMILES string of the molecule is CC(Nc1cc2n[nH]c(=O)n2cn1)c1cccc(F)c1. The van der Waals surface area contributed by atoms with Gasteiger partial charge in [0.05, 0.1) is 6.04 Å². The molecule has 3 aromatic rings. The van der Waals surface area contributed by atoms with Crippen LogP contribution in [0.25, 0.3) is 5.65 Å². The molecule has 0 aliphatic rings. The molecule has 0 radical (unpaired) electrons. The number of hydrogen-bond acceptors (Lipinski definition) is 4. The summed E-state index contributed by atoms with van der Waals surface area (Å²) in [5.74, 6) is 0.284. The molecule has 0 fully saturated rings. The number of aromatic amines is 1. The summed E-state index contributed by atoms with van der Waals surface area (Å²) in [6.07, 6.45) is 1.39. The Balaban J connectivity index is 1.87.